The first-order valence-electron chi connectivity index (χ1n) is 16.7. The van der Waals surface area contributed by atoms with E-state index in [0.717, 1.165) is 61.8 Å². The van der Waals surface area contributed by atoms with Crippen LogP contribution in [0, 0.1) is 19.9 Å². The molecule has 0 aliphatic carbocycles. The Morgan fingerprint density at radius 3 is 1.98 bits per heavy atom. The van der Waals surface area contributed by atoms with Gasteiger partial charge in [-0.2, -0.15) is 0 Å². The Balaban J connectivity index is 0.00000417. The third-order valence-electron chi connectivity index (χ3n) is 9.24. The fraction of sp³-hybridized carbons (Fsp3) is 0.182. The van der Waals surface area contributed by atoms with Crippen molar-refractivity contribution in [2.24, 2.45) is 0 Å². The molecule has 0 atom stereocenters. The number of phenolic OH excluding ortho intramolecular Hbond substituents is 1. The van der Waals surface area contributed by atoms with Crippen LogP contribution in [0.15, 0.2) is 115 Å². The Labute approximate surface area is 303 Å². The molecule has 0 radical (unpaired) electrons. The number of fused-ring (bicyclic) bond motifs is 1. The predicted molar refractivity (Wildman–Crippen MR) is 198 cm³/mol. The molecule has 4 nitrogen and oxygen atoms in total. The van der Waals surface area contributed by atoms with Crippen LogP contribution < -0.4 is 0 Å². The number of hydrogen-bond acceptors (Lipinski definition) is 3. The van der Waals surface area contributed by atoms with E-state index in [1.165, 1.54) is 22.3 Å². The first-order chi connectivity index (χ1) is 23.2. The number of benzene rings is 4. The molecule has 49 heavy (non-hydrogen) atoms. The van der Waals surface area contributed by atoms with Crippen LogP contribution >= 0.6 is 0 Å². The van der Waals surface area contributed by atoms with Crippen LogP contribution in [0.4, 0.5) is 0 Å². The molecule has 7 rings (SSSR count). The van der Waals surface area contributed by atoms with Crippen molar-refractivity contribution in [1.82, 2.24) is 14.4 Å². The molecule has 5 heteroatoms. The maximum atomic E-state index is 11.4. The molecule has 0 amide bonds. The number of aromatic hydroxyl groups is 1. The quantitative estimate of drug-likeness (QED) is 0.163. The van der Waals surface area contributed by atoms with Crippen molar-refractivity contribution in [3.05, 3.63) is 144 Å². The van der Waals surface area contributed by atoms with E-state index in [-0.39, 0.29) is 32.7 Å². The maximum Gasteiger partial charge on any atom is 0.132 e. The monoisotopic (exact) mass is 821 g/mol. The zero-order valence-electron chi connectivity index (χ0n) is 28.7. The third-order valence-corrected chi connectivity index (χ3v) is 9.24. The van der Waals surface area contributed by atoms with Gasteiger partial charge in [0.2, 0.25) is 0 Å². The Bertz CT molecular complexity index is 2260. The van der Waals surface area contributed by atoms with E-state index >= 15 is 0 Å². The van der Waals surface area contributed by atoms with E-state index in [4.69, 9.17) is 9.97 Å². The molecule has 1 N–H and O–H groups in total. The van der Waals surface area contributed by atoms with E-state index in [9.17, 15) is 5.11 Å². The largest absolute Gasteiger partial charge is 0.507 e. The standard InChI is InChI=1S/C44H40N3O.Pt/c1-27(2)35-20-12-21-37(43(35)48)39-26-34(40-29(5)14-10-15-30(40)6)25-38(45-39)32-18-11-19-33(24-32)41-42(31-16-8-7-9-17-31)47-23-13-22-36(28(3)4)44(47)46-41;/h7-23,25-28,48H,1-6H3;/q-1;. The number of nitrogens with zero attached hydrogens (tertiary/aromatic N) is 3. The van der Waals surface area contributed by atoms with Gasteiger partial charge in [-0.1, -0.05) is 112 Å². The first kappa shape index (κ1) is 34.1. The summed E-state index contributed by atoms with van der Waals surface area (Å²) < 4.78 is 2.21. The Morgan fingerprint density at radius 1 is 0.633 bits per heavy atom. The fourth-order valence-corrected chi connectivity index (χ4v) is 6.81. The van der Waals surface area contributed by atoms with E-state index in [1.807, 2.05) is 24.3 Å². The smallest absolute Gasteiger partial charge is 0.132 e. The maximum absolute atomic E-state index is 11.4. The van der Waals surface area contributed by atoms with Gasteiger partial charge in [-0.05, 0) is 82.8 Å². The average molecular weight is 822 g/mol. The Hall–Kier alpha value is -4.79. The van der Waals surface area contributed by atoms with Gasteiger partial charge in [-0.15, -0.1) is 24.3 Å². The van der Waals surface area contributed by atoms with Gasteiger partial charge in [-0.3, -0.25) is 9.97 Å². The van der Waals surface area contributed by atoms with Crippen LogP contribution in [-0.2, 0) is 21.1 Å². The van der Waals surface area contributed by atoms with Crippen LogP contribution in [0.2, 0.25) is 0 Å². The normalized spacial score (nSPS) is 11.3. The number of phenols is 1. The average Bonchev–Trinajstić information content (AvgIpc) is 3.48. The Morgan fingerprint density at radius 2 is 1.27 bits per heavy atom. The van der Waals surface area contributed by atoms with Gasteiger partial charge in [0, 0.05) is 49.9 Å². The minimum Gasteiger partial charge on any atom is -0.507 e. The zero-order valence-corrected chi connectivity index (χ0v) is 31.0. The molecular weight excluding hydrogens is 782 g/mol. The van der Waals surface area contributed by atoms with Gasteiger partial charge < -0.3 is 9.51 Å². The van der Waals surface area contributed by atoms with Crippen molar-refractivity contribution in [3.8, 4) is 61.9 Å². The van der Waals surface area contributed by atoms with Crippen LogP contribution in [0.25, 0.3) is 61.8 Å². The molecule has 7 aromatic rings. The summed E-state index contributed by atoms with van der Waals surface area (Å²) in [5.74, 6) is 0.779. The van der Waals surface area contributed by atoms with Gasteiger partial charge in [0.15, 0.2) is 0 Å². The van der Waals surface area contributed by atoms with Gasteiger partial charge in [0.1, 0.15) is 11.4 Å². The fourth-order valence-electron chi connectivity index (χ4n) is 6.81. The molecule has 248 valence electrons. The van der Waals surface area contributed by atoms with Gasteiger partial charge >= 0.3 is 0 Å². The van der Waals surface area contributed by atoms with Crippen molar-refractivity contribution in [2.45, 2.75) is 53.4 Å². The summed E-state index contributed by atoms with van der Waals surface area (Å²) in [6, 6.07) is 41.2. The molecule has 3 heterocycles. The number of aromatic nitrogens is 3. The second-order valence-corrected chi connectivity index (χ2v) is 13.3. The van der Waals surface area contributed by atoms with E-state index in [2.05, 4.69) is 143 Å². The molecule has 4 aromatic carbocycles. The SMILES string of the molecule is Cc1cccc(C)c1-c1cc(-c2[c-]c(-c3nc4c(C(C)C)cccn4c3-c3ccccc3)ccc2)nc(-c2cccc(C(C)C)c2O)c1.[Pt]. The van der Waals surface area contributed by atoms with Gasteiger partial charge in [0.25, 0.3) is 0 Å². The zero-order chi connectivity index (χ0) is 33.5. The van der Waals surface area contributed by atoms with Gasteiger partial charge in [-0.25, -0.2) is 0 Å². The molecule has 0 saturated carbocycles. The van der Waals surface area contributed by atoms with E-state index in [0.29, 0.717) is 5.92 Å². The first-order valence-corrected chi connectivity index (χ1v) is 16.7. The third kappa shape index (κ3) is 6.38. The van der Waals surface area contributed by atoms with Crippen molar-refractivity contribution in [3.63, 3.8) is 0 Å². The molecular formula is C44H40N3OPt-. The van der Waals surface area contributed by atoms with Crippen molar-refractivity contribution in [1.29, 1.82) is 0 Å². The van der Waals surface area contributed by atoms with Crippen LogP contribution in [-0.4, -0.2) is 19.5 Å². The van der Waals surface area contributed by atoms with E-state index in [1.54, 1.807) is 0 Å². The molecule has 0 saturated heterocycles. The number of para-hydroxylation sites is 1. The number of pyridine rings is 2. The number of hydrogen-bond donors (Lipinski definition) is 1. The summed E-state index contributed by atoms with van der Waals surface area (Å²) in [4.78, 5) is 10.5. The van der Waals surface area contributed by atoms with Crippen LogP contribution in [0.1, 0.15) is 61.8 Å². The van der Waals surface area contributed by atoms with Gasteiger partial charge in [0.05, 0.1) is 5.69 Å². The summed E-state index contributed by atoms with van der Waals surface area (Å²) in [6.07, 6.45) is 2.10. The molecule has 0 fully saturated rings. The molecule has 0 aliphatic heterocycles. The second-order valence-electron chi connectivity index (χ2n) is 13.3. The van der Waals surface area contributed by atoms with Crippen molar-refractivity contribution >= 4 is 5.65 Å². The Kier molecular flexibility index (Phi) is 9.72. The minimum atomic E-state index is 0. The minimum absolute atomic E-state index is 0. The van der Waals surface area contributed by atoms with E-state index < -0.39 is 0 Å². The molecule has 0 bridgehead atoms. The van der Waals surface area contributed by atoms with Crippen molar-refractivity contribution in [2.75, 3.05) is 0 Å². The van der Waals surface area contributed by atoms with Crippen molar-refractivity contribution < 1.29 is 26.2 Å². The summed E-state index contributed by atoms with van der Waals surface area (Å²) in [7, 11) is 0. The van der Waals surface area contributed by atoms with Crippen LogP contribution in [0.5, 0.6) is 5.75 Å². The number of imidazole rings is 1. The summed E-state index contributed by atoms with van der Waals surface area (Å²) in [5.41, 5.74) is 14.7. The summed E-state index contributed by atoms with van der Waals surface area (Å²) in [5, 5.41) is 11.4. The topological polar surface area (TPSA) is 50.4 Å². The summed E-state index contributed by atoms with van der Waals surface area (Å²) in [6.45, 7) is 12.9. The molecule has 3 aromatic heterocycles. The summed E-state index contributed by atoms with van der Waals surface area (Å²) >= 11 is 0. The number of rotatable bonds is 7. The molecule has 0 spiro atoms. The molecule has 0 unspecified atom stereocenters. The second kappa shape index (κ2) is 14.0. The predicted octanol–water partition coefficient (Wildman–Crippen LogP) is 11.4. The number of aryl methyl sites for hydroxylation is 2. The molecule has 0 aliphatic rings. The van der Waals surface area contributed by atoms with Crippen LogP contribution in [0.3, 0.4) is 0 Å².